The molecule has 0 radical (unpaired) electrons. The minimum absolute atomic E-state index is 0.0194. The van der Waals surface area contributed by atoms with Gasteiger partial charge < -0.3 is 20.5 Å². The van der Waals surface area contributed by atoms with Crippen LogP contribution in [0.25, 0.3) is 0 Å². The topological polar surface area (TPSA) is 70.6 Å². The van der Waals surface area contributed by atoms with E-state index in [0.29, 0.717) is 6.54 Å². The van der Waals surface area contributed by atoms with Crippen molar-refractivity contribution < 1.29 is 14.6 Å². The van der Waals surface area contributed by atoms with Crippen molar-refractivity contribution in [2.45, 2.75) is 76.5 Å². The van der Waals surface area contributed by atoms with Gasteiger partial charge in [0.2, 0.25) is 0 Å². The molecular weight excluding hydrogens is 256 g/mol. The molecule has 118 valence electrons. The first kappa shape index (κ1) is 17.2. The zero-order valence-electron chi connectivity index (χ0n) is 13.3. The fourth-order valence-corrected chi connectivity index (χ4v) is 2.78. The second-order valence-corrected chi connectivity index (χ2v) is 6.68. The summed E-state index contributed by atoms with van der Waals surface area (Å²) in [7, 11) is 1.67. The number of methoxy groups -OCH3 is 1. The minimum atomic E-state index is -0.718. The average molecular weight is 286 g/mol. The highest BCUT2D eigenvalue weighted by Gasteiger charge is 2.29. The molecule has 1 saturated carbocycles. The number of amides is 2. The first-order valence-corrected chi connectivity index (χ1v) is 7.58. The number of urea groups is 1. The molecule has 5 nitrogen and oxygen atoms in total. The third-order valence-corrected chi connectivity index (χ3v) is 4.09. The largest absolute Gasteiger partial charge is 0.388 e. The van der Waals surface area contributed by atoms with Gasteiger partial charge in [0.15, 0.2) is 0 Å². The first-order chi connectivity index (χ1) is 9.26. The van der Waals surface area contributed by atoms with Gasteiger partial charge >= 0.3 is 6.03 Å². The van der Waals surface area contributed by atoms with Crippen LogP contribution in [0.4, 0.5) is 4.79 Å². The van der Waals surface area contributed by atoms with Gasteiger partial charge in [0.05, 0.1) is 11.2 Å². The predicted molar refractivity (Wildman–Crippen MR) is 79.7 cm³/mol. The van der Waals surface area contributed by atoms with Crippen molar-refractivity contribution in [2.75, 3.05) is 13.7 Å². The Labute approximate surface area is 122 Å². The summed E-state index contributed by atoms with van der Waals surface area (Å²) in [5.41, 5.74) is -0.973. The Balaban J connectivity index is 2.29. The molecule has 2 amide bonds. The van der Waals surface area contributed by atoms with Gasteiger partial charge in [0.1, 0.15) is 0 Å². The summed E-state index contributed by atoms with van der Waals surface area (Å²) in [4.78, 5) is 11.8. The molecule has 1 aliphatic carbocycles. The summed E-state index contributed by atoms with van der Waals surface area (Å²) in [6, 6.07) is -0.200. The maximum atomic E-state index is 11.8. The molecule has 0 aromatic heterocycles. The Hall–Kier alpha value is -0.810. The van der Waals surface area contributed by atoms with Crippen LogP contribution in [0.3, 0.4) is 0 Å². The van der Waals surface area contributed by atoms with Crippen LogP contribution in [0.1, 0.15) is 59.3 Å². The number of hydrogen-bond donors (Lipinski definition) is 3. The van der Waals surface area contributed by atoms with E-state index in [1.807, 2.05) is 20.8 Å². The second-order valence-electron chi connectivity index (χ2n) is 6.68. The number of hydrogen-bond acceptors (Lipinski definition) is 3. The summed E-state index contributed by atoms with van der Waals surface area (Å²) in [5, 5.41) is 16.0. The normalized spacial score (nSPS) is 20.2. The maximum absolute atomic E-state index is 11.8. The number of carbonyl (C=O) groups is 1. The van der Waals surface area contributed by atoms with E-state index >= 15 is 0 Å². The van der Waals surface area contributed by atoms with Gasteiger partial charge in [0.25, 0.3) is 0 Å². The molecule has 0 spiro atoms. The van der Waals surface area contributed by atoms with Gasteiger partial charge in [-0.3, -0.25) is 0 Å². The van der Waals surface area contributed by atoms with E-state index in [0.717, 1.165) is 32.1 Å². The molecular formula is C15H30N2O3. The third-order valence-electron chi connectivity index (χ3n) is 4.09. The lowest BCUT2D eigenvalue weighted by Crippen LogP contribution is -2.49. The van der Waals surface area contributed by atoms with Gasteiger partial charge in [-0.15, -0.1) is 0 Å². The number of aliphatic hydroxyl groups is 1. The molecule has 1 fully saturated rings. The van der Waals surface area contributed by atoms with Crippen LogP contribution in [-0.2, 0) is 4.74 Å². The summed E-state index contributed by atoms with van der Waals surface area (Å²) in [6.45, 7) is 6.27. The molecule has 3 N–H and O–H groups in total. The van der Waals surface area contributed by atoms with E-state index in [1.54, 1.807) is 7.11 Å². The quantitative estimate of drug-likeness (QED) is 0.701. The third kappa shape index (κ3) is 6.09. The van der Waals surface area contributed by atoms with Crippen LogP contribution >= 0.6 is 0 Å². The van der Waals surface area contributed by atoms with E-state index in [4.69, 9.17) is 4.74 Å². The lowest BCUT2D eigenvalue weighted by molar-refractivity contribution is 0.00513. The maximum Gasteiger partial charge on any atom is 0.315 e. The highest BCUT2D eigenvalue weighted by atomic mass is 16.5. The summed E-state index contributed by atoms with van der Waals surface area (Å²) >= 11 is 0. The summed E-state index contributed by atoms with van der Waals surface area (Å²) in [6.07, 6.45) is 5.55. The lowest BCUT2D eigenvalue weighted by Gasteiger charge is -2.32. The molecule has 0 aliphatic heterocycles. The fraction of sp³-hybridized carbons (Fsp3) is 0.933. The molecule has 0 saturated heterocycles. The minimum Gasteiger partial charge on any atom is -0.388 e. The molecule has 1 atom stereocenters. The number of ether oxygens (including phenoxy) is 1. The number of rotatable bonds is 6. The molecule has 0 aromatic carbocycles. The molecule has 1 rings (SSSR count). The van der Waals surface area contributed by atoms with E-state index in [2.05, 4.69) is 10.6 Å². The Morgan fingerprint density at radius 3 is 2.50 bits per heavy atom. The molecule has 5 heteroatoms. The molecule has 0 heterocycles. The monoisotopic (exact) mass is 286 g/mol. The summed E-state index contributed by atoms with van der Waals surface area (Å²) in [5.74, 6) is 0. The van der Waals surface area contributed by atoms with Crippen molar-refractivity contribution in [3.05, 3.63) is 0 Å². The van der Waals surface area contributed by atoms with Gasteiger partial charge in [-0.25, -0.2) is 4.79 Å². The molecule has 1 unspecified atom stereocenters. The fourth-order valence-electron chi connectivity index (χ4n) is 2.78. The predicted octanol–water partition coefficient (Wildman–Crippen LogP) is 2.18. The van der Waals surface area contributed by atoms with Crippen LogP contribution in [-0.4, -0.2) is 42.0 Å². The SMILES string of the molecule is COC(C)(C)CC(C)NC(=O)NCC1(O)CCCCC1. The Kier molecular flexibility index (Phi) is 6.27. The Morgan fingerprint density at radius 1 is 1.35 bits per heavy atom. The molecule has 0 aromatic rings. The standard InChI is InChI=1S/C15H30N2O3/c1-12(10-14(2,3)20-4)17-13(18)16-11-15(19)8-6-5-7-9-15/h12,19H,5-11H2,1-4H3,(H2,16,17,18). The lowest BCUT2D eigenvalue weighted by atomic mass is 9.85. The van der Waals surface area contributed by atoms with Crippen molar-refractivity contribution in [3.63, 3.8) is 0 Å². The van der Waals surface area contributed by atoms with E-state index in [-0.39, 0.29) is 17.7 Å². The Morgan fingerprint density at radius 2 is 1.95 bits per heavy atom. The van der Waals surface area contributed by atoms with Crippen molar-refractivity contribution in [3.8, 4) is 0 Å². The zero-order valence-corrected chi connectivity index (χ0v) is 13.3. The molecule has 0 bridgehead atoms. The van der Waals surface area contributed by atoms with Crippen LogP contribution in [0.2, 0.25) is 0 Å². The first-order valence-electron chi connectivity index (χ1n) is 7.58. The van der Waals surface area contributed by atoms with Crippen LogP contribution in [0, 0.1) is 0 Å². The van der Waals surface area contributed by atoms with Gasteiger partial charge in [-0.1, -0.05) is 19.3 Å². The Bertz CT molecular complexity index is 312. The van der Waals surface area contributed by atoms with Gasteiger partial charge in [0, 0.05) is 19.7 Å². The van der Waals surface area contributed by atoms with Crippen LogP contribution in [0.5, 0.6) is 0 Å². The van der Waals surface area contributed by atoms with Crippen molar-refractivity contribution in [1.29, 1.82) is 0 Å². The highest BCUT2D eigenvalue weighted by Crippen LogP contribution is 2.27. The van der Waals surface area contributed by atoms with E-state index < -0.39 is 5.60 Å². The average Bonchev–Trinajstić information content (AvgIpc) is 2.37. The second kappa shape index (κ2) is 7.27. The van der Waals surface area contributed by atoms with Crippen LogP contribution < -0.4 is 10.6 Å². The number of carbonyl (C=O) groups excluding carboxylic acids is 1. The summed E-state index contributed by atoms with van der Waals surface area (Å²) < 4.78 is 5.35. The zero-order chi connectivity index (χ0) is 15.2. The van der Waals surface area contributed by atoms with Crippen molar-refractivity contribution >= 4 is 6.03 Å². The highest BCUT2D eigenvalue weighted by molar-refractivity contribution is 5.74. The molecule has 1 aliphatic rings. The molecule has 20 heavy (non-hydrogen) atoms. The van der Waals surface area contributed by atoms with Gasteiger partial charge in [-0.05, 0) is 40.0 Å². The smallest absolute Gasteiger partial charge is 0.315 e. The van der Waals surface area contributed by atoms with Gasteiger partial charge in [-0.2, -0.15) is 0 Å². The number of nitrogens with one attached hydrogen (secondary N) is 2. The van der Waals surface area contributed by atoms with Crippen LogP contribution in [0.15, 0.2) is 0 Å². The van der Waals surface area contributed by atoms with E-state index in [1.165, 1.54) is 6.42 Å². The van der Waals surface area contributed by atoms with E-state index in [9.17, 15) is 9.90 Å². The van der Waals surface area contributed by atoms with Crippen molar-refractivity contribution in [1.82, 2.24) is 10.6 Å². The van der Waals surface area contributed by atoms with Crippen molar-refractivity contribution in [2.24, 2.45) is 0 Å².